The van der Waals surface area contributed by atoms with E-state index < -0.39 is 16.7 Å². The molecule has 2 aromatic carbocycles. The number of hydrogen-bond donors (Lipinski definition) is 2. The molecule has 3 rings (SSSR count). The van der Waals surface area contributed by atoms with E-state index in [1.54, 1.807) is 6.07 Å². The zero-order chi connectivity index (χ0) is 21.8. The van der Waals surface area contributed by atoms with Crippen molar-refractivity contribution in [3.63, 3.8) is 0 Å². The van der Waals surface area contributed by atoms with Gasteiger partial charge in [-0.1, -0.05) is 0 Å². The van der Waals surface area contributed by atoms with Gasteiger partial charge in [0.25, 0.3) is 17.5 Å². The van der Waals surface area contributed by atoms with Crippen LogP contribution in [-0.2, 0) is 0 Å². The molecule has 10 nitrogen and oxygen atoms in total. The Hall–Kier alpha value is -3.86. The molecule has 2 amide bonds. The molecule has 3 aromatic rings. The van der Waals surface area contributed by atoms with Crippen LogP contribution in [0.2, 0.25) is 0 Å². The highest BCUT2D eigenvalue weighted by atomic mass is 32.1. The third-order valence-corrected chi connectivity index (χ3v) is 5.27. The summed E-state index contributed by atoms with van der Waals surface area (Å²) in [6.45, 7) is 0. The number of hydrogen-bond acceptors (Lipinski definition) is 8. The van der Waals surface area contributed by atoms with Gasteiger partial charge in [-0.3, -0.25) is 30.6 Å². The first kappa shape index (κ1) is 20.9. The number of nitro benzene ring substituents is 1. The second kappa shape index (κ2) is 8.66. The van der Waals surface area contributed by atoms with Crippen molar-refractivity contribution in [2.24, 2.45) is 0 Å². The molecule has 0 spiro atoms. The minimum atomic E-state index is -0.598. The van der Waals surface area contributed by atoms with E-state index in [0.717, 1.165) is 11.3 Å². The topological polar surface area (TPSA) is 129 Å². The normalized spacial score (nSPS) is 10.4. The van der Waals surface area contributed by atoms with Gasteiger partial charge in [0.1, 0.15) is 0 Å². The molecule has 0 aliphatic carbocycles. The van der Waals surface area contributed by atoms with Crippen LogP contribution in [0.3, 0.4) is 0 Å². The maximum atomic E-state index is 12.5. The lowest BCUT2D eigenvalue weighted by atomic mass is 10.1. The lowest BCUT2D eigenvalue weighted by Gasteiger charge is -2.14. The van der Waals surface area contributed by atoms with Crippen molar-refractivity contribution in [2.75, 3.05) is 21.3 Å². The van der Waals surface area contributed by atoms with Crippen LogP contribution in [0.1, 0.15) is 20.0 Å². The summed E-state index contributed by atoms with van der Waals surface area (Å²) in [7, 11) is 4.29. The van der Waals surface area contributed by atoms with Crippen molar-refractivity contribution in [3.8, 4) is 17.2 Å². The largest absolute Gasteiger partial charge is 0.493 e. The van der Waals surface area contributed by atoms with Crippen LogP contribution >= 0.6 is 11.3 Å². The molecule has 30 heavy (non-hydrogen) atoms. The molecule has 0 saturated carbocycles. The molecular weight excluding hydrogens is 414 g/mol. The molecule has 0 radical (unpaired) electrons. The number of hydrazine groups is 1. The summed E-state index contributed by atoms with van der Waals surface area (Å²) >= 11 is 1.15. The number of nitro groups is 1. The van der Waals surface area contributed by atoms with Gasteiger partial charge in [-0.15, -0.1) is 11.3 Å². The summed E-state index contributed by atoms with van der Waals surface area (Å²) in [4.78, 5) is 35.5. The maximum absolute atomic E-state index is 12.5. The second-order valence-corrected chi connectivity index (χ2v) is 7.00. The van der Waals surface area contributed by atoms with E-state index in [9.17, 15) is 19.7 Å². The van der Waals surface area contributed by atoms with Crippen molar-refractivity contribution >= 4 is 38.9 Å². The fraction of sp³-hybridized carbons (Fsp3) is 0.158. The van der Waals surface area contributed by atoms with E-state index in [4.69, 9.17) is 14.2 Å². The first-order chi connectivity index (χ1) is 14.4. The van der Waals surface area contributed by atoms with Crippen LogP contribution in [-0.4, -0.2) is 38.1 Å². The highest BCUT2D eigenvalue weighted by molar-refractivity contribution is 7.20. The van der Waals surface area contributed by atoms with Gasteiger partial charge in [-0.25, -0.2) is 0 Å². The SMILES string of the molecule is COc1cc(C(=O)NNC(=O)c2cc3cc([N+](=O)[O-])ccc3s2)cc(OC)c1OC. The number of rotatable bonds is 6. The minimum absolute atomic E-state index is 0.0667. The van der Waals surface area contributed by atoms with Gasteiger partial charge in [-0.2, -0.15) is 0 Å². The molecule has 2 N–H and O–H groups in total. The molecule has 0 aliphatic heterocycles. The van der Waals surface area contributed by atoms with E-state index in [1.165, 1.54) is 51.7 Å². The summed E-state index contributed by atoms with van der Waals surface area (Å²) in [5.74, 6) is -0.238. The number of nitrogens with zero attached hydrogens (tertiary/aromatic N) is 1. The quantitative estimate of drug-likeness (QED) is 0.453. The monoisotopic (exact) mass is 431 g/mol. The Morgan fingerprint density at radius 2 is 1.57 bits per heavy atom. The number of ether oxygens (including phenoxy) is 3. The maximum Gasteiger partial charge on any atom is 0.279 e. The number of methoxy groups -OCH3 is 3. The van der Waals surface area contributed by atoms with E-state index in [-0.39, 0.29) is 16.1 Å². The smallest absolute Gasteiger partial charge is 0.279 e. The fourth-order valence-corrected chi connectivity index (χ4v) is 3.65. The summed E-state index contributed by atoms with van der Waals surface area (Å²) < 4.78 is 16.3. The third-order valence-electron chi connectivity index (χ3n) is 4.15. The van der Waals surface area contributed by atoms with Crippen molar-refractivity contribution in [1.29, 1.82) is 0 Å². The predicted molar refractivity (Wildman–Crippen MR) is 110 cm³/mol. The van der Waals surface area contributed by atoms with Gasteiger partial charge >= 0.3 is 0 Å². The van der Waals surface area contributed by atoms with Crippen LogP contribution in [0.25, 0.3) is 10.1 Å². The molecule has 0 bridgehead atoms. The van der Waals surface area contributed by atoms with Gasteiger partial charge in [-0.05, 0) is 24.3 Å². The molecule has 0 aliphatic rings. The van der Waals surface area contributed by atoms with Gasteiger partial charge in [0.2, 0.25) is 5.75 Å². The first-order valence-electron chi connectivity index (χ1n) is 8.46. The van der Waals surface area contributed by atoms with Crippen LogP contribution in [0.4, 0.5) is 5.69 Å². The summed E-state index contributed by atoms with van der Waals surface area (Å²) in [5.41, 5.74) is 4.75. The zero-order valence-corrected chi connectivity index (χ0v) is 17.0. The molecule has 0 fully saturated rings. The Bertz CT molecular complexity index is 1120. The van der Waals surface area contributed by atoms with Gasteiger partial charge in [0.15, 0.2) is 11.5 Å². The molecule has 1 aromatic heterocycles. The Balaban J connectivity index is 1.75. The van der Waals surface area contributed by atoms with Crippen LogP contribution in [0.5, 0.6) is 17.2 Å². The Morgan fingerprint density at radius 1 is 0.933 bits per heavy atom. The lowest BCUT2D eigenvalue weighted by molar-refractivity contribution is -0.384. The van der Waals surface area contributed by atoms with Crippen molar-refractivity contribution in [3.05, 3.63) is 57.0 Å². The fourth-order valence-electron chi connectivity index (χ4n) is 2.72. The van der Waals surface area contributed by atoms with E-state index in [1.807, 2.05) is 0 Å². The van der Waals surface area contributed by atoms with E-state index in [2.05, 4.69) is 10.9 Å². The third kappa shape index (κ3) is 4.10. The van der Waals surface area contributed by atoms with Crippen molar-refractivity contribution in [2.45, 2.75) is 0 Å². The number of amides is 2. The number of carbonyl (C=O) groups excluding carboxylic acids is 2. The van der Waals surface area contributed by atoms with Crippen molar-refractivity contribution in [1.82, 2.24) is 10.9 Å². The Morgan fingerprint density at radius 3 is 2.13 bits per heavy atom. The van der Waals surface area contributed by atoms with E-state index in [0.29, 0.717) is 27.3 Å². The molecule has 0 saturated heterocycles. The number of non-ortho nitro benzene ring substituents is 1. The molecule has 11 heteroatoms. The average molecular weight is 431 g/mol. The number of nitrogens with one attached hydrogen (secondary N) is 2. The number of benzene rings is 2. The minimum Gasteiger partial charge on any atom is -0.493 e. The van der Waals surface area contributed by atoms with Crippen LogP contribution < -0.4 is 25.1 Å². The highest BCUT2D eigenvalue weighted by Gasteiger charge is 2.18. The van der Waals surface area contributed by atoms with Gasteiger partial charge < -0.3 is 14.2 Å². The Kier molecular flexibility index (Phi) is 6.02. The Labute approximate surface area is 174 Å². The summed E-state index contributed by atoms with van der Waals surface area (Å²) in [5, 5.41) is 11.5. The molecule has 0 unspecified atom stereocenters. The molecular formula is C19H17N3O7S. The summed E-state index contributed by atoms with van der Waals surface area (Å²) in [6.07, 6.45) is 0. The van der Waals surface area contributed by atoms with E-state index >= 15 is 0 Å². The average Bonchev–Trinajstić information content (AvgIpc) is 3.19. The molecule has 0 atom stereocenters. The molecule has 156 valence electrons. The number of fused-ring (bicyclic) bond motifs is 1. The van der Waals surface area contributed by atoms with Gasteiger partial charge in [0.05, 0.1) is 31.1 Å². The highest BCUT2D eigenvalue weighted by Crippen LogP contribution is 2.38. The number of carbonyl (C=O) groups is 2. The standard InChI is InChI=1S/C19H17N3O7S/c1-27-13-7-11(8-14(28-2)17(13)29-3)18(23)20-21-19(24)16-9-10-6-12(22(25)26)4-5-15(10)30-16/h4-9H,1-3H3,(H,20,23)(H,21,24). The molecule has 1 heterocycles. The second-order valence-electron chi connectivity index (χ2n) is 5.91. The van der Waals surface area contributed by atoms with Crippen LogP contribution in [0.15, 0.2) is 36.4 Å². The van der Waals surface area contributed by atoms with Gasteiger partial charge in [0, 0.05) is 27.8 Å². The predicted octanol–water partition coefficient (Wildman–Crippen LogP) is 2.91. The first-order valence-corrected chi connectivity index (χ1v) is 9.28. The lowest BCUT2D eigenvalue weighted by Crippen LogP contribution is -2.41. The van der Waals surface area contributed by atoms with Crippen molar-refractivity contribution < 1.29 is 28.7 Å². The number of thiophene rings is 1. The van der Waals surface area contributed by atoms with Crippen LogP contribution in [0, 0.1) is 10.1 Å². The summed E-state index contributed by atoms with van der Waals surface area (Å²) in [6, 6.07) is 8.74. The zero-order valence-electron chi connectivity index (χ0n) is 16.2.